The van der Waals surface area contributed by atoms with Crippen LogP contribution in [0.5, 0.6) is 0 Å². The van der Waals surface area contributed by atoms with Gasteiger partial charge in [0.2, 0.25) is 5.91 Å². The Kier molecular flexibility index (Phi) is 7.43. The lowest BCUT2D eigenvalue weighted by Gasteiger charge is -2.27. The van der Waals surface area contributed by atoms with E-state index in [1.54, 1.807) is 17.0 Å². The first-order chi connectivity index (χ1) is 16.5. The molecule has 0 aliphatic carbocycles. The monoisotopic (exact) mass is 461 g/mol. The van der Waals surface area contributed by atoms with Gasteiger partial charge in [0.25, 0.3) is 0 Å². The molecule has 0 saturated heterocycles. The quantitative estimate of drug-likeness (QED) is 0.448. The first kappa shape index (κ1) is 23.7. The second-order valence-electron chi connectivity index (χ2n) is 8.69. The maximum atomic E-state index is 13.6. The van der Waals surface area contributed by atoms with Crippen LogP contribution >= 0.6 is 0 Å². The molecule has 6 nitrogen and oxygen atoms in total. The third-order valence-corrected chi connectivity index (χ3v) is 5.88. The molecule has 0 atom stereocenters. The van der Waals surface area contributed by atoms with E-state index in [-0.39, 0.29) is 11.7 Å². The van der Waals surface area contributed by atoms with Crippen LogP contribution in [0.1, 0.15) is 38.1 Å². The lowest BCUT2D eigenvalue weighted by Crippen LogP contribution is -2.39. The average Bonchev–Trinajstić information content (AvgIpc) is 3.19. The Labute approximate surface area is 200 Å². The van der Waals surface area contributed by atoms with Gasteiger partial charge >= 0.3 is 0 Å². The van der Waals surface area contributed by atoms with Crippen molar-refractivity contribution in [1.29, 1.82) is 0 Å². The van der Waals surface area contributed by atoms with Gasteiger partial charge in [0.1, 0.15) is 23.2 Å². The lowest BCUT2D eigenvalue weighted by molar-refractivity contribution is -0.130. The van der Waals surface area contributed by atoms with Crippen LogP contribution < -0.4 is 5.32 Å². The summed E-state index contributed by atoms with van der Waals surface area (Å²) in [6.07, 6.45) is 5.73. The number of rotatable bonds is 9. The molecule has 0 radical (unpaired) electrons. The number of halogens is 1. The van der Waals surface area contributed by atoms with Crippen LogP contribution in [-0.2, 0) is 11.3 Å². The molecule has 2 heterocycles. The number of nitrogens with one attached hydrogen (secondary N) is 1. The van der Waals surface area contributed by atoms with Crippen molar-refractivity contribution in [3.05, 3.63) is 71.9 Å². The molecule has 1 N–H and O–H groups in total. The highest BCUT2D eigenvalue weighted by molar-refractivity contribution is 5.82. The maximum Gasteiger partial charge on any atom is 0.241 e. The first-order valence-electron chi connectivity index (χ1n) is 11.9. The molecule has 3 aromatic rings. The van der Waals surface area contributed by atoms with Gasteiger partial charge in [0.15, 0.2) is 0 Å². The van der Waals surface area contributed by atoms with E-state index < -0.39 is 0 Å². The highest BCUT2D eigenvalue weighted by atomic mass is 19.1. The van der Waals surface area contributed by atoms with Crippen molar-refractivity contribution >= 4 is 23.6 Å². The lowest BCUT2D eigenvalue weighted by atomic mass is 10.1. The third-order valence-electron chi connectivity index (χ3n) is 5.88. The molecule has 4 rings (SSSR count). The molecule has 1 amide bonds. The number of imidazole rings is 1. The van der Waals surface area contributed by atoms with E-state index in [0.29, 0.717) is 18.8 Å². The molecule has 178 valence electrons. The summed E-state index contributed by atoms with van der Waals surface area (Å²) in [4.78, 5) is 21.8. The fourth-order valence-corrected chi connectivity index (χ4v) is 4.16. The molecule has 7 heteroatoms. The summed E-state index contributed by atoms with van der Waals surface area (Å²) in [5.41, 5.74) is 3.63. The number of carbonyl (C=O) groups is 1. The molecule has 0 saturated carbocycles. The van der Waals surface area contributed by atoms with E-state index in [1.807, 2.05) is 48.2 Å². The highest BCUT2D eigenvalue weighted by Crippen LogP contribution is 2.33. The fraction of sp³-hybridized carbons (Fsp3) is 0.333. The third kappa shape index (κ3) is 5.37. The van der Waals surface area contributed by atoms with Crippen molar-refractivity contribution < 1.29 is 9.18 Å². The van der Waals surface area contributed by atoms with E-state index in [0.717, 1.165) is 48.8 Å². The summed E-state index contributed by atoms with van der Waals surface area (Å²) in [6.45, 7) is 8.90. The number of nitrogens with zero attached hydrogens (tertiary/aromatic N) is 4. The van der Waals surface area contributed by atoms with Gasteiger partial charge < -0.3 is 10.2 Å². The van der Waals surface area contributed by atoms with Crippen LogP contribution in [0.3, 0.4) is 0 Å². The van der Waals surface area contributed by atoms with Gasteiger partial charge in [-0.3, -0.25) is 14.3 Å². The number of hydrogen-bond donors (Lipinski definition) is 1. The SMILES string of the molecule is CCCN(CCC)CC(=O)N1C=Cn2c(nc(-c3ccc(F)cc3)c2Nc2ccc(C)cc2)C1. The normalized spacial score (nSPS) is 12.8. The summed E-state index contributed by atoms with van der Waals surface area (Å²) in [6, 6.07) is 14.4. The molecule has 0 fully saturated rings. The summed E-state index contributed by atoms with van der Waals surface area (Å²) < 4.78 is 15.5. The number of aryl methyl sites for hydroxylation is 1. The minimum atomic E-state index is -0.291. The van der Waals surface area contributed by atoms with E-state index in [4.69, 9.17) is 4.98 Å². The van der Waals surface area contributed by atoms with Gasteiger partial charge in [-0.2, -0.15) is 0 Å². The van der Waals surface area contributed by atoms with Crippen molar-refractivity contribution in [1.82, 2.24) is 19.4 Å². The molecule has 34 heavy (non-hydrogen) atoms. The Morgan fingerprint density at radius 2 is 1.71 bits per heavy atom. The molecular weight excluding hydrogens is 429 g/mol. The number of benzene rings is 2. The second kappa shape index (κ2) is 10.7. The predicted octanol–water partition coefficient (Wildman–Crippen LogP) is 5.63. The van der Waals surface area contributed by atoms with Crippen molar-refractivity contribution in [2.45, 2.75) is 40.2 Å². The number of carbonyl (C=O) groups excluding carboxylic acids is 1. The molecular formula is C27H32FN5O. The van der Waals surface area contributed by atoms with Gasteiger partial charge in [-0.25, -0.2) is 9.37 Å². The Balaban J connectivity index is 1.63. The largest absolute Gasteiger partial charge is 0.339 e. The second-order valence-corrected chi connectivity index (χ2v) is 8.69. The predicted molar refractivity (Wildman–Crippen MR) is 135 cm³/mol. The molecule has 1 aliphatic rings. The number of hydrogen-bond acceptors (Lipinski definition) is 4. The van der Waals surface area contributed by atoms with Gasteiger partial charge in [0.05, 0.1) is 13.1 Å². The van der Waals surface area contributed by atoms with Crippen LogP contribution in [0, 0.1) is 12.7 Å². The maximum absolute atomic E-state index is 13.6. The van der Waals surface area contributed by atoms with Gasteiger partial charge in [-0.15, -0.1) is 0 Å². The number of amides is 1. The molecule has 0 bridgehead atoms. The standard InChI is InChI=1S/C27H32FN5O/c1-4-14-31(15-5-2)19-25(34)32-16-17-33-24(18-32)30-26(21-8-10-22(28)11-9-21)27(33)29-23-12-6-20(3)7-13-23/h6-13,16-17,29H,4-5,14-15,18-19H2,1-3H3. The van der Waals surface area contributed by atoms with E-state index in [2.05, 4.69) is 24.1 Å². The van der Waals surface area contributed by atoms with E-state index in [1.165, 1.54) is 17.7 Å². The van der Waals surface area contributed by atoms with E-state index in [9.17, 15) is 9.18 Å². The Morgan fingerprint density at radius 1 is 1.03 bits per heavy atom. The zero-order chi connectivity index (χ0) is 24.1. The molecule has 0 spiro atoms. The van der Waals surface area contributed by atoms with Crippen LogP contribution in [-0.4, -0.2) is 44.9 Å². The van der Waals surface area contributed by atoms with Crippen molar-refractivity contribution in [2.75, 3.05) is 25.0 Å². The number of fused-ring (bicyclic) bond motifs is 1. The summed E-state index contributed by atoms with van der Waals surface area (Å²) in [7, 11) is 0. The minimum Gasteiger partial charge on any atom is -0.339 e. The van der Waals surface area contributed by atoms with Crippen LogP contribution in [0.2, 0.25) is 0 Å². The Hall–Kier alpha value is -3.45. The van der Waals surface area contributed by atoms with Crippen molar-refractivity contribution in [3.8, 4) is 11.3 Å². The smallest absolute Gasteiger partial charge is 0.241 e. The average molecular weight is 462 g/mol. The van der Waals surface area contributed by atoms with E-state index >= 15 is 0 Å². The Bertz CT molecular complexity index is 1150. The van der Waals surface area contributed by atoms with Crippen molar-refractivity contribution in [3.63, 3.8) is 0 Å². The molecule has 1 aromatic heterocycles. The fourth-order valence-electron chi connectivity index (χ4n) is 4.16. The van der Waals surface area contributed by atoms with Crippen LogP contribution in [0.4, 0.5) is 15.9 Å². The molecule has 0 unspecified atom stereocenters. The number of aromatic nitrogens is 2. The zero-order valence-electron chi connectivity index (χ0n) is 20.1. The topological polar surface area (TPSA) is 53.4 Å². The van der Waals surface area contributed by atoms with Gasteiger partial charge in [-0.1, -0.05) is 31.5 Å². The van der Waals surface area contributed by atoms with Crippen LogP contribution in [0.25, 0.3) is 17.5 Å². The van der Waals surface area contributed by atoms with Crippen LogP contribution in [0.15, 0.2) is 54.7 Å². The summed E-state index contributed by atoms with van der Waals surface area (Å²) in [5.74, 6) is 1.31. The van der Waals surface area contributed by atoms with Gasteiger partial charge in [0, 0.05) is 23.7 Å². The zero-order valence-corrected chi connectivity index (χ0v) is 20.1. The minimum absolute atomic E-state index is 0.0591. The number of anilines is 2. The summed E-state index contributed by atoms with van der Waals surface area (Å²) >= 11 is 0. The molecule has 2 aromatic carbocycles. The highest BCUT2D eigenvalue weighted by Gasteiger charge is 2.25. The Morgan fingerprint density at radius 3 is 2.35 bits per heavy atom. The molecule has 1 aliphatic heterocycles. The van der Waals surface area contributed by atoms with Gasteiger partial charge in [-0.05, 0) is 69.3 Å². The summed E-state index contributed by atoms with van der Waals surface area (Å²) in [5, 5.41) is 3.47. The van der Waals surface area contributed by atoms with Crippen molar-refractivity contribution in [2.24, 2.45) is 0 Å². The first-order valence-corrected chi connectivity index (χ1v) is 11.9.